The van der Waals surface area contributed by atoms with Crippen LogP contribution in [0.3, 0.4) is 0 Å². The van der Waals surface area contributed by atoms with E-state index in [0.29, 0.717) is 22.6 Å². The standard InChI is InChI=1S/C7H8BrN5/c8-5-7-11-2-4(1-9)6(10)13(7)3-12-5/h2-3H,1,9-10H2. The van der Waals surface area contributed by atoms with Gasteiger partial charge in [-0.15, -0.1) is 0 Å². The predicted octanol–water partition coefficient (Wildman–Crippen LogP) is 0.533. The second-order valence-electron chi connectivity index (χ2n) is 2.60. The summed E-state index contributed by atoms with van der Waals surface area (Å²) in [5.74, 6) is 0.589. The topological polar surface area (TPSA) is 82.2 Å². The van der Waals surface area contributed by atoms with Crippen molar-refractivity contribution in [3.05, 3.63) is 22.7 Å². The molecule has 13 heavy (non-hydrogen) atoms. The minimum Gasteiger partial charge on any atom is -0.384 e. The van der Waals surface area contributed by atoms with Crippen molar-refractivity contribution in [3.63, 3.8) is 0 Å². The molecule has 0 saturated carbocycles. The molecular formula is C7H8BrN5. The maximum atomic E-state index is 5.82. The average molecular weight is 242 g/mol. The Hall–Kier alpha value is -1.14. The van der Waals surface area contributed by atoms with Crippen LogP contribution in [0.2, 0.25) is 0 Å². The molecule has 0 fully saturated rings. The molecule has 0 radical (unpaired) electrons. The van der Waals surface area contributed by atoms with Crippen molar-refractivity contribution >= 4 is 27.4 Å². The van der Waals surface area contributed by atoms with Crippen LogP contribution in [-0.2, 0) is 6.54 Å². The Labute approximate surface area is 82.9 Å². The van der Waals surface area contributed by atoms with Crippen LogP contribution in [0, 0.1) is 0 Å². The highest BCUT2D eigenvalue weighted by atomic mass is 79.9. The molecule has 2 aromatic heterocycles. The molecule has 6 heteroatoms. The monoisotopic (exact) mass is 241 g/mol. The number of fused-ring (bicyclic) bond motifs is 1. The van der Waals surface area contributed by atoms with E-state index in [0.717, 1.165) is 5.56 Å². The number of nitrogen functional groups attached to an aromatic ring is 1. The zero-order valence-corrected chi connectivity index (χ0v) is 8.32. The van der Waals surface area contributed by atoms with Crippen LogP contribution in [0.25, 0.3) is 5.65 Å². The van der Waals surface area contributed by atoms with E-state index >= 15 is 0 Å². The molecule has 0 unspecified atom stereocenters. The van der Waals surface area contributed by atoms with Gasteiger partial charge in [0.05, 0.1) is 0 Å². The van der Waals surface area contributed by atoms with Crippen LogP contribution < -0.4 is 11.5 Å². The van der Waals surface area contributed by atoms with Crippen LogP contribution in [0.15, 0.2) is 17.1 Å². The van der Waals surface area contributed by atoms with E-state index in [4.69, 9.17) is 11.5 Å². The molecule has 0 saturated heterocycles. The minimum atomic E-state index is 0.380. The highest BCUT2D eigenvalue weighted by Crippen LogP contribution is 2.18. The molecule has 0 amide bonds. The quantitative estimate of drug-likeness (QED) is 0.764. The van der Waals surface area contributed by atoms with E-state index in [1.54, 1.807) is 16.9 Å². The molecule has 0 aliphatic carbocycles. The summed E-state index contributed by atoms with van der Waals surface area (Å²) in [7, 11) is 0. The number of halogens is 1. The number of imidazole rings is 1. The first-order chi connectivity index (χ1) is 6.24. The molecular weight excluding hydrogens is 234 g/mol. The molecule has 2 heterocycles. The van der Waals surface area contributed by atoms with Gasteiger partial charge in [0.15, 0.2) is 10.3 Å². The minimum absolute atomic E-state index is 0.380. The number of hydrogen-bond donors (Lipinski definition) is 2. The summed E-state index contributed by atoms with van der Waals surface area (Å²) in [6.07, 6.45) is 3.28. The van der Waals surface area contributed by atoms with Gasteiger partial charge in [0, 0.05) is 18.3 Å². The SMILES string of the molecule is NCc1cnc2c(Br)ncn2c1N. The van der Waals surface area contributed by atoms with Crippen LogP contribution in [0.5, 0.6) is 0 Å². The van der Waals surface area contributed by atoms with Gasteiger partial charge in [-0.25, -0.2) is 9.97 Å². The number of nitrogens with zero attached hydrogens (tertiary/aromatic N) is 3. The third-order valence-corrected chi connectivity index (χ3v) is 2.41. The maximum Gasteiger partial charge on any atom is 0.172 e. The Morgan fingerprint density at radius 1 is 1.46 bits per heavy atom. The largest absolute Gasteiger partial charge is 0.384 e. The molecule has 4 N–H and O–H groups in total. The van der Waals surface area contributed by atoms with E-state index in [9.17, 15) is 0 Å². The predicted molar refractivity (Wildman–Crippen MR) is 53.0 cm³/mol. The van der Waals surface area contributed by atoms with Gasteiger partial charge in [0.1, 0.15) is 12.1 Å². The summed E-state index contributed by atoms with van der Waals surface area (Å²) in [6.45, 7) is 0.380. The lowest BCUT2D eigenvalue weighted by molar-refractivity contribution is 1.00. The lowest BCUT2D eigenvalue weighted by Gasteiger charge is -2.04. The Kier molecular flexibility index (Phi) is 1.93. The van der Waals surface area contributed by atoms with E-state index in [-0.39, 0.29) is 0 Å². The molecule has 2 rings (SSSR count). The highest BCUT2D eigenvalue weighted by Gasteiger charge is 2.07. The van der Waals surface area contributed by atoms with Gasteiger partial charge in [-0.05, 0) is 15.9 Å². The summed E-state index contributed by atoms with van der Waals surface area (Å²) < 4.78 is 2.38. The van der Waals surface area contributed by atoms with Crippen molar-refractivity contribution in [3.8, 4) is 0 Å². The maximum absolute atomic E-state index is 5.82. The van der Waals surface area contributed by atoms with Crippen molar-refractivity contribution in [1.82, 2.24) is 14.4 Å². The molecule has 0 aliphatic heterocycles. The highest BCUT2D eigenvalue weighted by molar-refractivity contribution is 9.10. The van der Waals surface area contributed by atoms with Gasteiger partial charge in [0.2, 0.25) is 0 Å². The molecule has 0 spiro atoms. The van der Waals surface area contributed by atoms with E-state index in [2.05, 4.69) is 25.9 Å². The number of aromatic nitrogens is 3. The fourth-order valence-corrected chi connectivity index (χ4v) is 1.51. The number of hydrogen-bond acceptors (Lipinski definition) is 4. The summed E-state index contributed by atoms with van der Waals surface area (Å²) in [4.78, 5) is 8.19. The van der Waals surface area contributed by atoms with E-state index in [1.807, 2.05) is 0 Å². The van der Waals surface area contributed by atoms with Crippen LogP contribution in [0.1, 0.15) is 5.56 Å². The van der Waals surface area contributed by atoms with Crippen molar-refractivity contribution < 1.29 is 0 Å². The zero-order chi connectivity index (χ0) is 9.42. The van der Waals surface area contributed by atoms with E-state index < -0.39 is 0 Å². The summed E-state index contributed by atoms with van der Waals surface area (Å²) in [5.41, 5.74) is 12.8. The summed E-state index contributed by atoms with van der Waals surface area (Å²) >= 11 is 3.27. The van der Waals surface area contributed by atoms with Crippen molar-refractivity contribution in [2.24, 2.45) is 5.73 Å². The van der Waals surface area contributed by atoms with E-state index in [1.165, 1.54) is 0 Å². The number of nitrogens with two attached hydrogens (primary N) is 2. The number of rotatable bonds is 1. The molecule has 5 nitrogen and oxygen atoms in total. The lowest BCUT2D eigenvalue weighted by Crippen LogP contribution is -2.07. The summed E-state index contributed by atoms with van der Waals surface area (Å²) in [6, 6.07) is 0. The van der Waals surface area contributed by atoms with Crippen LogP contribution in [0.4, 0.5) is 5.82 Å². The third-order valence-electron chi connectivity index (χ3n) is 1.85. The van der Waals surface area contributed by atoms with Gasteiger partial charge in [0.25, 0.3) is 0 Å². The van der Waals surface area contributed by atoms with Crippen LogP contribution >= 0.6 is 15.9 Å². The van der Waals surface area contributed by atoms with Gasteiger partial charge >= 0.3 is 0 Å². The third kappa shape index (κ3) is 1.18. The first-order valence-electron chi connectivity index (χ1n) is 3.70. The van der Waals surface area contributed by atoms with Gasteiger partial charge in [-0.2, -0.15) is 0 Å². The Bertz CT molecular complexity index is 449. The normalized spacial score (nSPS) is 10.9. The second-order valence-corrected chi connectivity index (χ2v) is 3.35. The smallest absolute Gasteiger partial charge is 0.172 e. The molecule has 0 aliphatic rings. The Balaban J connectivity index is 2.80. The average Bonchev–Trinajstić information content (AvgIpc) is 2.50. The van der Waals surface area contributed by atoms with Gasteiger partial charge in [-0.1, -0.05) is 0 Å². The molecule has 2 aromatic rings. The Morgan fingerprint density at radius 2 is 2.23 bits per heavy atom. The fraction of sp³-hybridized carbons (Fsp3) is 0.143. The second kappa shape index (κ2) is 2.97. The van der Waals surface area contributed by atoms with Crippen molar-refractivity contribution in [2.75, 3.05) is 5.73 Å². The number of anilines is 1. The zero-order valence-electron chi connectivity index (χ0n) is 6.74. The molecule has 0 aromatic carbocycles. The van der Waals surface area contributed by atoms with Crippen molar-refractivity contribution in [1.29, 1.82) is 0 Å². The van der Waals surface area contributed by atoms with Crippen LogP contribution in [-0.4, -0.2) is 14.4 Å². The lowest BCUT2D eigenvalue weighted by atomic mass is 10.3. The Morgan fingerprint density at radius 3 is 2.92 bits per heavy atom. The molecule has 68 valence electrons. The molecule has 0 bridgehead atoms. The molecule has 0 atom stereocenters. The summed E-state index contributed by atoms with van der Waals surface area (Å²) in [5, 5.41) is 0. The first kappa shape index (κ1) is 8.46. The van der Waals surface area contributed by atoms with Crippen molar-refractivity contribution in [2.45, 2.75) is 6.54 Å². The first-order valence-corrected chi connectivity index (χ1v) is 4.49. The van der Waals surface area contributed by atoms with Gasteiger partial charge < -0.3 is 11.5 Å². The van der Waals surface area contributed by atoms with Gasteiger partial charge in [-0.3, -0.25) is 4.40 Å². The fourth-order valence-electron chi connectivity index (χ4n) is 1.13.